The second-order valence-corrected chi connectivity index (χ2v) is 15.4. The van der Waals surface area contributed by atoms with E-state index in [-0.39, 0.29) is 11.9 Å². The van der Waals surface area contributed by atoms with Gasteiger partial charge in [0.1, 0.15) is 6.73 Å². The van der Waals surface area contributed by atoms with Crippen LogP contribution in [0.3, 0.4) is 0 Å². The van der Waals surface area contributed by atoms with Gasteiger partial charge in [-0.15, -0.1) is 0 Å². The summed E-state index contributed by atoms with van der Waals surface area (Å²) in [5.74, 6) is 0. The van der Waals surface area contributed by atoms with E-state index in [1.807, 2.05) is 19.1 Å². The van der Waals surface area contributed by atoms with Crippen LogP contribution >= 0.6 is 15.9 Å². The highest BCUT2D eigenvalue weighted by molar-refractivity contribution is 9.10. The van der Waals surface area contributed by atoms with Gasteiger partial charge in [0.2, 0.25) is 15.0 Å². The van der Waals surface area contributed by atoms with Gasteiger partial charge in [-0.3, -0.25) is 4.57 Å². The molecule has 0 aliphatic rings. The third-order valence-corrected chi connectivity index (χ3v) is 7.08. The summed E-state index contributed by atoms with van der Waals surface area (Å²) in [7, 11) is -4.60. The SMILES string of the molecule is Cc1cc2c(cc1Br)nc(S(C)(=O)=O)n2COCC[Si](C)(C)C. The molecule has 1 heterocycles. The standard InChI is InChI=1S/C15H23BrN2O3SSi/c1-11-8-14-13(9-12(11)16)17-15(22(2,19)20)18(14)10-21-6-7-23(3,4)5/h8-9H,6-7,10H2,1-5H3. The van der Waals surface area contributed by atoms with Crippen molar-refractivity contribution in [2.45, 2.75) is 44.5 Å². The van der Waals surface area contributed by atoms with Gasteiger partial charge in [0.05, 0.1) is 11.0 Å². The molecule has 0 bridgehead atoms. The Morgan fingerprint density at radius 1 is 1.30 bits per heavy atom. The van der Waals surface area contributed by atoms with Crippen LogP contribution in [0.2, 0.25) is 25.7 Å². The highest BCUT2D eigenvalue weighted by Crippen LogP contribution is 2.26. The molecule has 0 fully saturated rings. The van der Waals surface area contributed by atoms with Gasteiger partial charge >= 0.3 is 0 Å². The number of hydrogen-bond acceptors (Lipinski definition) is 4. The summed E-state index contributed by atoms with van der Waals surface area (Å²) in [5, 5.41) is 0.0537. The van der Waals surface area contributed by atoms with Crippen molar-refractivity contribution in [1.29, 1.82) is 0 Å². The molecular formula is C15H23BrN2O3SSi. The molecule has 0 radical (unpaired) electrons. The number of imidazole rings is 1. The van der Waals surface area contributed by atoms with Crippen molar-refractivity contribution >= 4 is 44.9 Å². The maximum atomic E-state index is 12.0. The first-order valence-electron chi connectivity index (χ1n) is 7.43. The van der Waals surface area contributed by atoms with Crippen molar-refractivity contribution in [3.8, 4) is 0 Å². The van der Waals surface area contributed by atoms with E-state index in [1.165, 1.54) is 6.26 Å². The number of sulfone groups is 1. The van der Waals surface area contributed by atoms with E-state index in [2.05, 4.69) is 40.6 Å². The summed E-state index contributed by atoms with van der Waals surface area (Å²) in [5.41, 5.74) is 2.46. The lowest BCUT2D eigenvalue weighted by molar-refractivity contribution is 0.0838. The zero-order chi connectivity index (χ0) is 17.4. The lowest BCUT2D eigenvalue weighted by atomic mass is 10.2. The van der Waals surface area contributed by atoms with Gasteiger partial charge in [-0.05, 0) is 30.7 Å². The largest absolute Gasteiger partial charge is 0.361 e. The van der Waals surface area contributed by atoms with Crippen molar-refractivity contribution in [3.05, 3.63) is 22.2 Å². The first-order chi connectivity index (χ1) is 10.5. The average Bonchev–Trinajstić information content (AvgIpc) is 2.72. The molecule has 128 valence electrons. The fraction of sp³-hybridized carbons (Fsp3) is 0.533. The third kappa shape index (κ3) is 4.65. The van der Waals surface area contributed by atoms with Gasteiger partial charge in [-0.1, -0.05) is 35.6 Å². The van der Waals surface area contributed by atoms with Gasteiger partial charge in [0.25, 0.3) is 0 Å². The topological polar surface area (TPSA) is 61.2 Å². The van der Waals surface area contributed by atoms with Gasteiger partial charge in [0, 0.05) is 25.4 Å². The zero-order valence-corrected chi connectivity index (χ0v) is 17.6. The van der Waals surface area contributed by atoms with Crippen molar-refractivity contribution in [1.82, 2.24) is 9.55 Å². The zero-order valence-electron chi connectivity index (χ0n) is 14.2. The van der Waals surface area contributed by atoms with Gasteiger partial charge < -0.3 is 4.74 Å². The minimum atomic E-state index is -3.42. The summed E-state index contributed by atoms with van der Waals surface area (Å²) >= 11 is 3.46. The van der Waals surface area contributed by atoms with Crippen LogP contribution in [-0.4, -0.2) is 38.9 Å². The monoisotopic (exact) mass is 418 g/mol. The third-order valence-electron chi connectivity index (χ3n) is 3.54. The van der Waals surface area contributed by atoms with Crippen LogP contribution < -0.4 is 0 Å². The first kappa shape index (κ1) is 18.6. The van der Waals surface area contributed by atoms with E-state index < -0.39 is 17.9 Å². The van der Waals surface area contributed by atoms with Gasteiger partial charge in [-0.25, -0.2) is 13.4 Å². The molecular weight excluding hydrogens is 396 g/mol. The van der Waals surface area contributed by atoms with Crippen molar-refractivity contribution < 1.29 is 13.2 Å². The number of rotatable bonds is 6. The molecule has 5 nitrogen and oxygen atoms in total. The van der Waals surface area contributed by atoms with E-state index in [4.69, 9.17) is 4.74 Å². The summed E-state index contributed by atoms with van der Waals surface area (Å²) in [4.78, 5) is 4.29. The van der Waals surface area contributed by atoms with Crippen LogP contribution in [0.5, 0.6) is 0 Å². The van der Waals surface area contributed by atoms with E-state index in [1.54, 1.807) is 4.57 Å². The molecule has 0 spiro atoms. The molecule has 0 N–H and O–H groups in total. The Morgan fingerprint density at radius 3 is 2.52 bits per heavy atom. The maximum Gasteiger partial charge on any atom is 0.230 e. The summed E-state index contributed by atoms with van der Waals surface area (Å²) in [6.45, 7) is 9.65. The van der Waals surface area contributed by atoms with Crippen molar-refractivity contribution in [2.75, 3.05) is 12.9 Å². The van der Waals surface area contributed by atoms with Crippen LogP contribution in [0.1, 0.15) is 5.56 Å². The quantitative estimate of drug-likeness (QED) is 0.528. The van der Waals surface area contributed by atoms with Crippen molar-refractivity contribution in [3.63, 3.8) is 0 Å². The highest BCUT2D eigenvalue weighted by atomic mass is 79.9. The molecule has 2 rings (SSSR count). The number of fused-ring (bicyclic) bond motifs is 1. The van der Waals surface area contributed by atoms with E-state index in [0.717, 1.165) is 21.6 Å². The Labute approximate surface area is 147 Å². The molecule has 0 saturated heterocycles. The predicted molar refractivity (Wildman–Crippen MR) is 99.4 cm³/mol. The van der Waals surface area contributed by atoms with E-state index in [9.17, 15) is 8.42 Å². The molecule has 0 saturated carbocycles. The predicted octanol–water partition coefficient (Wildman–Crippen LogP) is 3.82. The summed E-state index contributed by atoms with van der Waals surface area (Å²) in [6.07, 6.45) is 1.18. The molecule has 1 aromatic heterocycles. The van der Waals surface area contributed by atoms with Crippen LogP contribution in [0.15, 0.2) is 21.8 Å². The number of hydrogen-bond donors (Lipinski definition) is 0. The average molecular weight is 419 g/mol. The van der Waals surface area contributed by atoms with Crippen LogP contribution in [0, 0.1) is 6.92 Å². The number of benzene rings is 1. The number of aromatic nitrogens is 2. The number of ether oxygens (including phenoxy) is 1. The van der Waals surface area contributed by atoms with E-state index >= 15 is 0 Å². The number of aryl methyl sites for hydroxylation is 1. The van der Waals surface area contributed by atoms with Crippen LogP contribution in [0.25, 0.3) is 11.0 Å². The van der Waals surface area contributed by atoms with Crippen LogP contribution in [-0.2, 0) is 21.3 Å². The molecule has 1 aromatic carbocycles. The molecule has 23 heavy (non-hydrogen) atoms. The Morgan fingerprint density at radius 2 is 1.96 bits per heavy atom. The lowest BCUT2D eigenvalue weighted by Gasteiger charge is -2.16. The minimum Gasteiger partial charge on any atom is -0.361 e. The molecule has 0 aliphatic heterocycles. The van der Waals surface area contributed by atoms with Crippen LogP contribution in [0.4, 0.5) is 0 Å². The Balaban J connectivity index is 2.37. The molecule has 0 atom stereocenters. The number of nitrogens with zero attached hydrogens (tertiary/aromatic N) is 2. The minimum absolute atomic E-state index is 0.0537. The second-order valence-electron chi connectivity index (χ2n) is 7.03. The maximum absolute atomic E-state index is 12.0. The summed E-state index contributed by atoms with van der Waals surface area (Å²) < 4.78 is 32.4. The van der Waals surface area contributed by atoms with Gasteiger partial charge in [0.15, 0.2) is 0 Å². The Hall–Kier alpha value is -0.703. The second kappa shape index (κ2) is 6.66. The molecule has 8 heteroatoms. The molecule has 0 aliphatic carbocycles. The fourth-order valence-electron chi connectivity index (χ4n) is 2.17. The smallest absolute Gasteiger partial charge is 0.230 e. The van der Waals surface area contributed by atoms with E-state index in [0.29, 0.717) is 12.1 Å². The van der Waals surface area contributed by atoms with Crippen molar-refractivity contribution in [2.24, 2.45) is 0 Å². The summed E-state index contributed by atoms with van der Waals surface area (Å²) in [6, 6.07) is 4.82. The lowest BCUT2D eigenvalue weighted by Crippen LogP contribution is -2.22. The fourth-order valence-corrected chi connectivity index (χ4v) is 4.07. The highest BCUT2D eigenvalue weighted by Gasteiger charge is 2.20. The molecule has 0 amide bonds. The Kier molecular flexibility index (Phi) is 5.39. The molecule has 2 aromatic rings. The molecule has 0 unspecified atom stereocenters. The van der Waals surface area contributed by atoms with Gasteiger partial charge in [-0.2, -0.15) is 0 Å². The first-order valence-corrected chi connectivity index (χ1v) is 13.8. The normalized spacial score (nSPS) is 13.0. The Bertz CT molecular complexity index is 825. The number of halogens is 1.